The fourth-order valence-corrected chi connectivity index (χ4v) is 1.44. The van der Waals surface area contributed by atoms with Gasteiger partial charge in [-0.05, 0) is 28.1 Å². The Kier molecular flexibility index (Phi) is 5.86. The zero-order valence-corrected chi connectivity index (χ0v) is 11.3. The third-order valence-electron chi connectivity index (χ3n) is 2.42. The van der Waals surface area contributed by atoms with Gasteiger partial charge < -0.3 is 10.2 Å². The van der Waals surface area contributed by atoms with Gasteiger partial charge in [-0.25, -0.2) is 4.98 Å². The molecule has 0 aliphatic rings. The van der Waals surface area contributed by atoms with Gasteiger partial charge in [0.15, 0.2) is 0 Å². The molecule has 1 N–H and O–H groups in total. The van der Waals surface area contributed by atoms with Gasteiger partial charge in [0.25, 0.3) is 0 Å². The van der Waals surface area contributed by atoms with Crippen molar-refractivity contribution in [2.24, 2.45) is 0 Å². The van der Waals surface area contributed by atoms with E-state index in [4.69, 9.17) is 0 Å². The topological polar surface area (TPSA) is 44.3 Å². The van der Waals surface area contributed by atoms with Crippen LogP contribution in [0.1, 0.15) is 12.6 Å². The third-order valence-corrected chi connectivity index (χ3v) is 2.42. The normalized spacial score (nSPS) is 11.2. The number of hydrogen-bond acceptors (Lipinski definition) is 5. The van der Waals surface area contributed by atoms with Crippen LogP contribution in [-0.2, 0) is 6.54 Å². The number of nitrogens with zero attached hydrogens (tertiary/aromatic N) is 4. The van der Waals surface area contributed by atoms with Gasteiger partial charge in [-0.2, -0.15) is 0 Å². The van der Waals surface area contributed by atoms with Crippen molar-refractivity contribution < 1.29 is 0 Å². The molecule has 1 aromatic heterocycles. The highest BCUT2D eigenvalue weighted by Gasteiger charge is 2.02. The summed E-state index contributed by atoms with van der Waals surface area (Å²) in [5, 5.41) is 3.13. The van der Waals surface area contributed by atoms with Gasteiger partial charge in [-0.1, -0.05) is 0 Å². The van der Waals surface area contributed by atoms with Crippen molar-refractivity contribution in [1.29, 1.82) is 0 Å². The average Bonchev–Trinajstić information content (AvgIpc) is 2.29. The Bertz CT molecular complexity index is 309. The Morgan fingerprint density at radius 1 is 1.12 bits per heavy atom. The van der Waals surface area contributed by atoms with Crippen LogP contribution in [0.2, 0.25) is 0 Å². The molecule has 0 amide bonds. The summed E-state index contributed by atoms with van der Waals surface area (Å²) in [7, 11) is 6.26. The fraction of sp³-hybridized carbons (Fsp3) is 0.667. The molecule has 0 aromatic carbocycles. The van der Waals surface area contributed by atoms with Crippen molar-refractivity contribution in [2.75, 3.05) is 46.1 Å². The predicted octanol–water partition coefficient (Wildman–Crippen LogP) is 0.902. The molecule has 0 aliphatic heterocycles. The second kappa shape index (κ2) is 7.19. The molecule has 0 fully saturated rings. The maximum Gasteiger partial charge on any atom is 0.144 e. The molecule has 0 saturated heterocycles. The van der Waals surface area contributed by atoms with Crippen LogP contribution in [0.3, 0.4) is 0 Å². The summed E-state index contributed by atoms with van der Waals surface area (Å²) in [5.41, 5.74) is 1.01. The quantitative estimate of drug-likeness (QED) is 0.763. The lowest BCUT2D eigenvalue weighted by Crippen LogP contribution is -2.28. The number of anilines is 1. The molecule has 17 heavy (non-hydrogen) atoms. The van der Waals surface area contributed by atoms with Crippen LogP contribution < -0.4 is 5.32 Å². The molecule has 5 heteroatoms. The molecule has 1 aromatic rings. The summed E-state index contributed by atoms with van der Waals surface area (Å²) >= 11 is 0. The zero-order valence-electron chi connectivity index (χ0n) is 11.3. The largest absolute Gasteiger partial charge is 0.369 e. The Balaban J connectivity index is 2.40. The van der Waals surface area contributed by atoms with Crippen molar-refractivity contribution in [1.82, 2.24) is 19.8 Å². The van der Waals surface area contributed by atoms with E-state index < -0.39 is 0 Å². The zero-order chi connectivity index (χ0) is 12.7. The molecule has 0 unspecified atom stereocenters. The Morgan fingerprint density at radius 3 is 2.41 bits per heavy atom. The van der Waals surface area contributed by atoms with E-state index in [2.05, 4.69) is 46.2 Å². The molecule has 0 atom stereocenters. The maximum absolute atomic E-state index is 4.38. The van der Waals surface area contributed by atoms with Gasteiger partial charge in [-0.15, -0.1) is 0 Å². The fourth-order valence-electron chi connectivity index (χ4n) is 1.44. The SMILES string of the molecule is CCNc1cnc(CN(C)CCN(C)C)cn1. The summed E-state index contributed by atoms with van der Waals surface area (Å²) in [6.45, 7) is 5.84. The average molecular weight is 237 g/mol. The van der Waals surface area contributed by atoms with E-state index in [0.29, 0.717) is 0 Å². The standard InChI is InChI=1S/C12H23N5/c1-5-13-12-9-14-11(8-15-12)10-17(4)7-6-16(2)3/h8-9H,5-7,10H2,1-4H3,(H,13,15). The highest BCUT2D eigenvalue weighted by atomic mass is 15.2. The van der Waals surface area contributed by atoms with Gasteiger partial charge >= 0.3 is 0 Å². The molecule has 0 aliphatic carbocycles. The molecule has 0 bridgehead atoms. The minimum Gasteiger partial charge on any atom is -0.369 e. The van der Waals surface area contributed by atoms with Crippen LogP contribution in [0.5, 0.6) is 0 Å². The van der Waals surface area contributed by atoms with Crippen LogP contribution in [-0.4, -0.2) is 60.5 Å². The number of rotatable bonds is 7. The molecule has 0 saturated carbocycles. The first-order valence-electron chi connectivity index (χ1n) is 6.00. The molecular weight excluding hydrogens is 214 g/mol. The molecule has 5 nitrogen and oxygen atoms in total. The number of hydrogen-bond donors (Lipinski definition) is 1. The predicted molar refractivity (Wildman–Crippen MR) is 71.1 cm³/mol. The minimum atomic E-state index is 0.840. The minimum absolute atomic E-state index is 0.840. The smallest absolute Gasteiger partial charge is 0.144 e. The summed E-state index contributed by atoms with van der Waals surface area (Å²) in [4.78, 5) is 13.1. The lowest BCUT2D eigenvalue weighted by atomic mass is 10.4. The van der Waals surface area contributed by atoms with Crippen LogP contribution in [0.25, 0.3) is 0 Å². The van der Waals surface area contributed by atoms with Crippen LogP contribution in [0.15, 0.2) is 12.4 Å². The lowest BCUT2D eigenvalue weighted by Gasteiger charge is -2.18. The van der Waals surface area contributed by atoms with Gasteiger partial charge in [0.2, 0.25) is 0 Å². The van der Waals surface area contributed by atoms with Gasteiger partial charge in [0, 0.05) is 26.2 Å². The molecule has 96 valence electrons. The van der Waals surface area contributed by atoms with Gasteiger partial charge in [0.05, 0.1) is 18.1 Å². The highest BCUT2D eigenvalue weighted by molar-refractivity contribution is 5.30. The van der Waals surface area contributed by atoms with Gasteiger partial charge in [-0.3, -0.25) is 9.88 Å². The van der Waals surface area contributed by atoms with E-state index >= 15 is 0 Å². The summed E-state index contributed by atoms with van der Waals surface area (Å²) < 4.78 is 0. The number of aromatic nitrogens is 2. The van der Waals surface area contributed by atoms with Crippen LogP contribution in [0.4, 0.5) is 5.82 Å². The van der Waals surface area contributed by atoms with Crippen molar-refractivity contribution in [2.45, 2.75) is 13.5 Å². The summed E-state index contributed by atoms with van der Waals surface area (Å²) in [6.07, 6.45) is 3.63. The monoisotopic (exact) mass is 237 g/mol. The number of likely N-dealkylation sites (N-methyl/N-ethyl adjacent to an activating group) is 2. The van der Waals surface area contributed by atoms with Crippen molar-refractivity contribution in [3.8, 4) is 0 Å². The van der Waals surface area contributed by atoms with E-state index in [1.54, 1.807) is 6.20 Å². The van der Waals surface area contributed by atoms with Crippen molar-refractivity contribution in [3.63, 3.8) is 0 Å². The lowest BCUT2D eigenvalue weighted by molar-refractivity contribution is 0.274. The van der Waals surface area contributed by atoms with E-state index in [1.165, 1.54) is 0 Å². The molecule has 1 rings (SSSR count). The second-order valence-electron chi connectivity index (χ2n) is 4.46. The first-order chi connectivity index (χ1) is 8.11. The van der Waals surface area contributed by atoms with Crippen molar-refractivity contribution in [3.05, 3.63) is 18.1 Å². The Labute approximate surface area is 104 Å². The second-order valence-corrected chi connectivity index (χ2v) is 4.46. The first-order valence-corrected chi connectivity index (χ1v) is 6.00. The molecule has 0 radical (unpaired) electrons. The first kappa shape index (κ1) is 13.9. The molecule has 0 spiro atoms. The van der Waals surface area contributed by atoms with E-state index in [1.807, 2.05) is 13.1 Å². The highest BCUT2D eigenvalue weighted by Crippen LogP contribution is 2.02. The number of nitrogens with one attached hydrogen (secondary N) is 1. The van der Waals surface area contributed by atoms with Crippen LogP contribution >= 0.6 is 0 Å². The van der Waals surface area contributed by atoms with E-state index in [0.717, 1.165) is 37.7 Å². The summed E-state index contributed by atoms with van der Waals surface area (Å²) in [5.74, 6) is 0.840. The maximum atomic E-state index is 4.38. The van der Waals surface area contributed by atoms with Crippen molar-refractivity contribution >= 4 is 5.82 Å². The summed E-state index contributed by atoms with van der Waals surface area (Å²) in [6, 6.07) is 0. The molecular formula is C12H23N5. The van der Waals surface area contributed by atoms with Crippen LogP contribution in [0, 0.1) is 0 Å². The molecule has 1 heterocycles. The Morgan fingerprint density at radius 2 is 1.88 bits per heavy atom. The van der Waals surface area contributed by atoms with E-state index in [9.17, 15) is 0 Å². The van der Waals surface area contributed by atoms with E-state index in [-0.39, 0.29) is 0 Å². The third kappa shape index (κ3) is 5.60. The van der Waals surface area contributed by atoms with Gasteiger partial charge in [0.1, 0.15) is 5.82 Å². The Hall–Kier alpha value is -1.20.